The first-order valence-corrected chi connectivity index (χ1v) is 6.05. The Balaban J connectivity index is 2.06. The first-order chi connectivity index (χ1) is 8.61. The number of hydrazine groups is 1. The highest BCUT2D eigenvalue weighted by Gasteiger charge is 2.15. The Morgan fingerprint density at radius 2 is 2.17 bits per heavy atom. The van der Waals surface area contributed by atoms with Crippen molar-refractivity contribution in [3.05, 3.63) is 35.4 Å². The SMILES string of the molecule is Cc1cc(C(CCc2ccnn2C)NN)n(C)n1. The van der Waals surface area contributed by atoms with Gasteiger partial charge in [0.1, 0.15) is 0 Å². The van der Waals surface area contributed by atoms with Crippen LogP contribution in [0.5, 0.6) is 0 Å². The third-order valence-corrected chi connectivity index (χ3v) is 3.21. The van der Waals surface area contributed by atoms with E-state index in [1.54, 1.807) is 0 Å². The van der Waals surface area contributed by atoms with Crippen LogP contribution < -0.4 is 11.3 Å². The Kier molecular flexibility index (Phi) is 3.78. The highest BCUT2D eigenvalue weighted by Crippen LogP contribution is 2.18. The zero-order chi connectivity index (χ0) is 13.1. The zero-order valence-corrected chi connectivity index (χ0v) is 11.1. The van der Waals surface area contributed by atoms with Crippen molar-refractivity contribution in [1.82, 2.24) is 25.0 Å². The minimum atomic E-state index is 0.103. The van der Waals surface area contributed by atoms with Crippen molar-refractivity contribution < 1.29 is 0 Å². The van der Waals surface area contributed by atoms with Gasteiger partial charge >= 0.3 is 0 Å². The summed E-state index contributed by atoms with van der Waals surface area (Å²) in [7, 11) is 3.89. The van der Waals surface area contributed by atoms with Gasteiger partial charge in [-0.1, -0.05) is 0 Å². The molecule has 0 bridgehead atoms. The van der Waals surface area contributed by atoms with Crippen LogP contribution in [0.4, 0.5) is 0 Å². The molecule has 0 aliphatic carbocycles. The molecule has 2 aromatic heterocycles. The summed E-state index contributed by atoms with van der Waals surface area (Å²) >= 11 is 0. The summed E-state index contributed by atoms with van der Waals surface area (Å²) in [5.41, 5.74) is 6.18. The van der Waals surface area contributed by atoms with Gasteiger partial charge in [0.25, 0.3) is 0 Å². The Bertz CT molecular complexity index is 512. The molecule has 0 aliphatic heterocycles. The molecule has 0 aliphatic rings. The Hall–Kier alpha value is -1.66. The van der Waals surface area contributed by atoms with E-state index in [-0.39, 0.29) is 6.04 Å². The van der Waals surface area contributed by atoms with Crippen LogP contribution in [0.1, 0.15) is 29.5 Å². The molecule has 2 heterocycles. The Morgan fingerprint density at radius 1 is 1.39 bits per heavy atom. The average molecular weight is 248 g/mol. The van der Waals surface area contributed by atoms with E-state index >= 15 is 0 Å². The van der Waals surface area contributed by atoms with Gasteiger partial charge < -0.3 is 0 Å². The maximum absolute atomic E-state index is 5.65. The van der Waals surface area contributed by atoms with Gasteiger partial charge in [-0.3, -0.25) is 20.6 Å². The van der Waals surface area contributed by atoms with Crippen molar-refractivity contribution >= 4 is 0 Å². The van der Waals surface area contributed by atoms with Crippen molar-refractivity contribution in [2.45, 2.75) is 25.8 Å². The van der Waals surface area contributed by atoms with Crippen molar-refractivity contribution in [2.24, 2.45) is 19.9 Å². The molecule has 0 saturated carbocycles. The Morgan fingerprint density at radius 3 is 2.67 bits per heavy atom. The third-order valence-electron chi connectivity index (χ3n) is 3.21. The maximum atomic E-state index is 5.65. The predicted octanol–water partition coefficient (Wildman–Crippen LogP) is 0.599. The summed E-state index contributed by atoms with van der Waals surface area (Å²) < 4.78 is 3.77. The highest BCUT2D eigenvalue weighted by atomic mass is 15.3. The lowest BCUT2D eigenvalue weighted by Crippen LogP contribution is -2.30. The van der Waals surface area contributed by atoms with Crippen LogP contribution in [-0.2, 0) is 20.5 Å². The number of nitrogens with zero attached hydrogens (tertiary/aromatic N) is 4. The summed E-state index contributed by atoms with van der Waals surface area (Å²) in [5.74, 6) is 5.65. The monoisotopic (exact) mass is 248 g/mol. The molecule has 6 nitrogen and oxygen atoms in total. The molecule has 2 rings (SSSR count). The summed E-state index contributed by atoms with van der Waals surface area (Å²) in [6.07, 6.45) is 3.65. The van der Waals surface area contributed by atoms with E-state index in [0.717, 1.165) is 24.2 Å². The second kappa shape index (κ2) is 5.32. The van der Waals surface area contributed by atoms with Gasteiger partial charge in [0.2, 0.25) is 0 Å². The minimum absolute atomic E-state index is 0.103. The Labute approximate surface area is 107 Å². The minimum Gasteiger partial charge on any atom is -0.273 e. The van der Waals surface area contributed by atoms with E-state index in [9.17, 15) is 0 Å². The molecule has 2 aromatic rings. The quantitative estimate of drug-likeness (QED) is 0.600. The second-order valence-electron chi connectivity index (χ2n) is 4.54. The lowest BCUT2D eigenvalue weighted by molar-refractivity contribution is 0.474. The summed E-state index contributed by atoms with van der Waals surface area (Å²) in [5, 5.41) is 8.51. The van der Waals surface area contributed by atoms with Crippen LogP contribution in [0.2, 0.25) is 0 Å². The topological polar surface area (TPSA) is 73.7 Å². The first-order valence-electron chi connectivity index (χ1n) is 6.05. The molecule has 3 N–H and O–H groups in total. The van der Waals surface area contributed by atoms with Crippen molar-refractivity contribution in [3.8, 4) is 0 Å². The molecule has 18 heavy (non-hydrogen) atoms. The van der Waals surface area contributed by atoms with Crippen LogP contribution in [-0.4, -0.2) is 19.6 Å². The van der Waals surface area contributed by atoms with Crippen molar-refractivity contribution in [3.63, 3.8) is 0 Å². The molecule has 0 amide bonds. The number of nitrogens with one attached hydrogen (secondary N) is 1. The van der Waals surface area contributed by atoms with Gasteiger partial charge in [-0.25, -0.2) is 0 Å². The van der Waals surface area contributed by atoms with Gasteiger partial charge in [0.15, 0.2) is 0 Å². The molecule has 6 heteroatoms. The van der Waals surface area contributed by atoms with Gasteiger partial charge in [0, 0.05) is 26.0 Å². The van der Waals surface area contributed by atoms with Crippen LogP contribution in [0, 0.1) is 6.92 Å². The van der Waals surface area contributed by atoms with Crippen molar-refractivity contribution in [2.75, 3.05) is 0 Å². The molecule has 1 atom stereocenters. The summed E-state index contributed by atoms with van der Waals surface area (Å²) in [6, 6.07) is 4.20. The van der Waals surface area contributed by atoms with E-state index in [0.29, 0.717) is 0 Å². The lowest BCUT2D eigenvalue weighted by atomic mass is 10.1. The standard InChI is InChI=1S/C12H20N6/c1-9-8-12(18(3)16-9)11(15-13)5-4-10-6-7-14-17(10)2/h6-8,11,15H,4-5,13H2,1-3H3. The maximum Gasteiger partial charge on any atom is 0.0632 e. The predicted molar refractivity (Wildman–Crippen MR) is 69.5 cm³/mol. The number of hydrogen-bond acceptors (Lipinski definition) is 4. The number of aryl methyl sites for hydroxylation is 4. The van der Waals surface area contributed by atoms with E-state index in [1.807, 2.05) is 42.6 Å². The number of hydrogen-bond donors (Lipinski definition) is 2. The normalized spacial score (nSPS) is 12.9. The van der Waals surface area contributed by atoms with Gasteiger partial charge in [-0.2, -0.15) is 10.2 Å². The van der Waals surface area contributed by atoms with E-state index in [2.05, 4.69) is 21.7 Å². The molecule has 98 valence electrons. The number of nitrogens with two attached hydrogens (primary N) is 1. The smallest absolute Gasteiger partial charge is 0.0632 e. The molecular formula is C12H20N6. The van der Waals surface area contributed by atoms with E-state index < -0.39 is 0 Å². The zero-order valence-electron chi connectivity index (χ0n) is 11.1. The second-order valence-corrected chi connectivity index (χ2v) is 4.54. The summed E-state index contributed by atoms with van der Waals surface area (Å²) in [6.45, 7) is 1.98. The molecule has 0 fully saturated rings. The molecule has 0 saturated heterocycles. The van der Waals surface area contributed by atoms with E-state index in [4.69, 9.17) is 5.84 Å². The first kappa shape index (κ1) is 12.8. The molecule has 0 radical (unpaired) electrons. The summed E-state index contributed by atoms with van der Waals surface area (Å²) in [4.78, 5) is 0. The van der Waals surface area contributed by atoms with Crippen LogP contribution in [0.3, 0.4) is 0 Å². The largest absolute Gasteiger partial charge is 0.273 e. The third kappa shape index (κ3) is 2.60. The fraction of sp³-hybridized carbons (Fsp3) is 0.500. The lowest BCUT2D eigenvalue weighted by Gasteiger charge is -2.16. The molecule has 0 spiro atoms. The number of rotatable bonds is 5. The van der Waals surface area contributed by atoms with Crippen LogP contribution >= 0.6 is 0 Å². The van der Waals surface area contributed by atoms with Crippen LogP contribution in [0.25, 0.3) is 0 Å². The fourth-order valence-corrected chi connectivity index (χ4v) is 2.21. The molecular weight excluding hydrogens is 228 g/mol. The van der Waals surface area contributed by atoms with Gasteiger partial charge in [0.05, 0.1) is 17.4 Å². The van der Waals surface area contributed by atoms with Crippen molar-refractivity contribution in [1.29, 1.82) is 0 Å². The molecule has 0 aromatic carbocycles. The van der Waals surface area contributed by atoms with Gasteiger partial charge in [-0.05, 0) is 31.9 Å². The van der Waals surface area contributed by atoms with Gasteiger partial charge in [-0.15, -0.1) is 0 Å². The average Bonchev–Trinajstić information content (AvgIpc) is 2.87. The fourth-order valence-electron chi connectivity index (χ4n) is 2.21. The highest BCUT2D eigenvalue weighted by molar-refractivity contribution is 5.13. The molecule has 1 unspecified atom stereocenters. The van der Waals surface area contributed by atoms with E-state index in [1.165, 1.54) is 5.69 Å². The van der Waals surface area contributed by atoms with Crippen LogP contribution in [0.15, 0.2) is 18.3 Å². The number of aromatic nitrogens is 4.